The minimum Gasteiger partial charge on any atom is -0.316 e. The highest BCUT2D eigenvalue weighted by Crippen LogP contribution is 2.36. The van der Waals surface area contributed by atoms with Gasteiger partial charge in [-0.1, -0.05) is 34.6 Å². The summed E-state index contributed by atoms with van der Waals surface area (Å²) in [5.74, 6) is 0.908. The van der Waals surface area contributed by atoms with Crippen LogP contribution in [-0.4, -0.2) is 26.2 Å². The molecule has 2 nitrogen and oxygen atoms in total. The molecule has 0 bridgehead atoms. The van der Waals surface area contributed by atoms with E-state index in [1.54, 1.807) is 0 Å². The molecule has 0 radical (unpaired) electrons. The lowest BCUT2D eigenvalue weighted by Crippen LogP contribution is -2.40. The third-order valence-corrected chi connectivity index (χ3v) is 4.49. The fourth-order valence-electron chi connectivity index (χ4n) is 1.93. The average molecular weight is 226 g/mol. The SMILES string of the molecule is CC(C)(C)C(C)(C)CNCCC1CCNC1. The number of hydrogen-bond acceptors (Lipinski definition) is 2. The van der Waals surface area contributed by atoms with E-state index in [0.717, 1.165) is 12.5 Å². The molecule has 0 amide bonds. The first kappa shape index (κ1) is 14.0. The number of rotatable bonds is 5. The Morgan fingerprint density at radius 2 is 1.88 bits per heavy atom. The molecule has 0 aliphatic carbocycles. The van der Waals surface area contributed by atoms with Gasteiger partial charge in [0.05, 0.1) is 0 Å². The van der Waals surface area contributed by atoms with Crippen LogP contribution in [0.25, 0.3) is 0 Å². The van der Waals surface area contributed by atoms with E-state index >= 15 is 0 Å². The summed E-state index contributed by atoms with van der Waals surface area (Å²) < 4.78 is 0. The fraction of sp³-hybridized carbons (Fsp3) is 1.00. The molecule has 16 heavy (non-hydrogen) atoms. The van der Waals surface area contributed by atoms with Crippen LogP contribution in [0.5, 0.6) is 0 Å². The van der Waals surface area contributed by atoms with Crippen molar-refractivity contribution in [3.8, 4) is 0 Å². The van der Waals surface area contributed by atoms with Gasteiger partial charge >= 0.3 is 0 Å². The molecule has 1 aliphatic heterocycles. The summed E-state index contributed by atoms with van der Waals surface area (Å²) in [5, 5.41) is 7.06. The Balaban J connectivity index is 2.14. The van der Waals surface area contributed by atoms with E-state index < -0.39 is 0 Å². The second kappa shape index (κ2) is 5.50. The zero-order valence-corrected chi connectivity index (χ0v) is 11.8. The molecule has 0 spiro atoms. The van der Waals surface area contributed by atoms with E-state index in [1.165, 1.54) is 32.5 Å². The van der Waals surface area contributed by atoms with Crippen molar-refractivity contribution in [3.05, 3.63) is 0 Å². The van der Waals surface area contributed by atoms with Crippen molar-refractivity contribution in [2.45, 2.75) is 47.5 Å². The third-order valence-electron chi connectivity index (χ3n) is 4.49. The van der Waals surface area contributed by atoms with E-state index in [1.807, 2.05) is 0 Å². The minimum absolute atomic E-state index is 0.362. The highest BCUT2D eigenvalue weighted by molar-refractivity contribution is 4.84. The van der Waals surface area contributed by atoms with Crippen molar-refractivity contribution < 1.29 is 0 Å². The van der Waals surface area contributed by atoms with Crippen molar-refractivity contribution in [2.75, 3.05) is 26.2 Å². The standard InChI is InChI=1S/C14H30N2/c1-13(2,3)14(4,5)11-16-9-7-12-6-8-15-10-12/h12,15-16H,6-11H2,1-5H3. The maximum absolute atomic E-state index is 3.63. The minimum atomic E-state index is 0.362. The predicted octanol–water partition coefficient (Wildman–Crippen LogP) is 2.65. The Bertz CT molecular complexity index is 197. The normalized spacial score (nSPS) is 22.7. The molecule has 0 aromatic rings. The van der Waals surface area contributed by atoms with E-state index in [-0.39, 0.29) is 0 Å². The molecule has 2 heteroatoms. The first-order chi connectivity index (χ1) is 7.33. The van der Waals surface area contributed by atoms with Gasteiger partial charge in [-0.05, 0) is 49.2 Å². The van der Waals surface area contributed by atoms with Crippen LogP contribution >= 0.6 is 0 Å². The van der Waals surface area contributed by atoms with Crippen molar-refractivity contribution in [2.24, 2.45) is 16.7 Å². The zero-order valence-electron chi connectivity index (χ0n) is 11.8. The van der Waals surface area contributed by atoms with Gasteiger partial charge in [-0.3, -0.25) is 0 Å². The van der Waals surface area contributed by atoms with Crippen LogP contribution in [0, 0.1) is 16.7 Å². The first-order valence-corrected chi connectivity index (χ1v) is 6.74. The Morgan fingerprint density at radius 1 is 1.19 bits per heavy atom. The first-order valence-electron chi connectivity index (χ1n) is 6.74. The summed E-state index contributed by atoms with van der Waals surface area (Å²) in [4.78, 5) is 0. The Kier molecular flexibility index (Phi) is 4.81. The maximum atomic E-state index is 3.63. The molecule has 1 aliphatic rings. The van der Waals surface area contributed by atoms with Crippen molar-refractivity contribution in [3.63, 3.8) is 0 Å². The molecule has 1 heterocycles. The molecular weight excluding hydrogens is 196 g/mol. The van der Waals surface area contributed by atoms with E-state index in [4.69, 9.17) is 0 Å². The highest BCUT2D eigenvalue weighted by Gasteiger charge is 2.32. The second-order valence-electron chi connectivity index (χ2n) is 6.96. The Labute approximate surface area is 102 Å². The Hall–Kier alpha value is -0.0800. The summed E-state index contributed by atoms with van der Waals surface area (Å²) in [7, 11) is 0. The van der Waals surface area contributed by atoms with Crippen LogP contribution in [0.15, 0.2) is 0 Å². The molecule has 0 aromatic carbocycles. The van der Waals surface area contributed by atoms with Crippen LogP contribution in [-0.2, 0) is 0 Å². The van der Waals surface area contributed by atoms with Gasteiger partial charge in [0, 0.05) is 6.54 Å². The lowest BCUT2D eigenvalue weighted by molar-refractivity contribution is 0.129. The molecule has 1 rings (SSSR count). The van der Waals surface area contributed by atoms with Gasteiger partial charge in [0.2, 0.25) is 0 Å². The van der Waals surface area contributed by atoms with Crippen molar-refractivity contribution in [1.82, 2.24) is 10.6 Å². The summed E-state index contributed by atoms with van der Waals surface area (Å²) in [6.45, 7) is 16.4. The zero-order chi connectivity index (χ0) is 12.2. The lowest BCUT2D eigenvalue weighted by Gasteiger charge is -2.39. The van der Waals surface area contributed by atoms with Crippen LogP contribution < -0.4 is 10.6 Å². The van der Waals surface area contributed by atoms with Gasteiger partial charge in [0.25, 0.3) is 0 Å². The van der Waals surface area contributed by atoms with Crippen LogP contribution in [0.1, 0.15) is 47.5 Å². The van der Waals surface area contributed by atoms with Crippen molar-refractivity contribution >= 4 is 0 Å². The van der Waals surface area contributed by atoms with Gasteiger partial charge in [-0.15, -0.1) is 0 Å². The summed E-state index contributed by atoms with van der Waals surface area (Å²) in [6.07, 6.45) is 2.69. The summed E-state index contributed by atoms with van der Waals surface area (Å²) in [5.41, 5.74) is 0.732. The number of nitrogens with one attached hydrogen (secondary N) is 2. The molecule has 0 aromatic heterocycles. The van der Waals surface area contributed by atoms with Gasteiger partial charge in [-0.2, -0.15) is 0 Å². The lowest BCUT2D eigenvalue weighted by atomic mass is 9.69. The molecule has 1 saturated heterocycles. The molecule has 2 N–H and O–H groups in total. The van der Waals surface area contributed by atoms with Crippen LogP contribution in [0.3, 0.4) is 0 Å². The second-order valence-corrected chi connectivity index (χ2v) is 6.96. The van der Waals surface area contributed by atoms with Gasteiger partial charge in [-0.25, -0.2) is 0 Å². The largest absolute Gasteiger partial charge is 0.316 e. The van der Waals surface area contributed by atoms with Gasteiger partial charge < -0.3 is 10.6 Å². The quantitative estimate of drug-likeness (QED) is 0.704. The van der Waals surface area contributed by atoms with E-state index in [0.29, 0.717) is 10.8 Å². The van der Waals surface area contributed by atoms with E-state index in [9.17, 15) is 0 Å². The molecule has 1 atom stereocenters. The van der Waals surface area contributed by atoms with Gasteiger partial charge in [0.15, 0.2) is 0 Å². The smallest absolute Gasteiger partial charge is 0.000752 e. The van der Waals surface area contributed by atoms with Crippen LogP contribution in [0.4, 0.5) is 0 Å². The Morgan fingerprint density at radius 3 is 2.38 bits per heavy atom. The highest BCUT2D eigenvalue weighted by atomic mass is 14.9. The molecule has 96 valence electrons. The number of hydrogen-bond donors (Lipinski definition) is 2. The van der Waals surface area contributed by atoms with Crippen molar-refractivity contribution in [1.29, 1.82) is 0 Å². The fourth-order valence-corrected chi connectivity index (χ4v) is 1.93. The molecule has 1 fully saturated rings. The van der Waals surface area contributed by atoms with E-state index in [2.05, 4.69) is 45.3 Å². The summed E-state index contributed by atoms with van der Waals surface area (Å²) >= 11 is 0. The summed E-state index contributed by atoms with van der Waals surface area (Å²) in [6, 6.07) is 0. The average Bonchev–Trinajstić information content (AvgIpc) is 2.63. The van der Waals surface area contributed by atoms with Crippen LogP contribution in [0.2, 0.25) is 0 Å². The third kappa shape index (κ3) is 4.06. The topological polar surface area (TPSA) is 24.1 Å². The molecular formula is C14H30N2. The van der Waals surface area contributed by atoms with Gasteiger partial charge in [0.1, 0.15) is 0 Å². The molecule has 0 saturated carbocycles. The predicted molar refractivity (Wildman–Crippen MR) is 71.7 cm³/mol. The maximum Gasteiger partial charge on any atom is 0.000752 e. The monoisotopic (exact) mass is 226 g/mol. The molecule has 1 unspecified atom stereocenters.